The van der Waals surface area contributed by atoms with Gasteiger partial charge in [0.25, 0.3) is 0 Å². The lowest BCUT2D eigenvalue weighted by atomic mass is 9.96. The number of thiophene rings is 1. The van der Waals surface area contributed by atoms with Gasteiger partial charge in [-0.05, 0) is 44.4 Å². The molecule has 0 unspecified atom stereocenters. The summed E-state index contributed by atoms with van der Waals surface area (Å²) in [7, 11) is 0. The van der Waals surface area contributed by atoms with E-state index in [0.717, 1.165) is 10.7 Å². The molecule has 3 heterocycles. The van der Waals surface area contributed by atoms with E-state index in [4.69, 9.17) is 0 Å². The maximum atomic E-state index is 13.2. The summed E-state index contributed by atoms with van der Waals surface area (Å²) in [6.07, 6.45) is 0. The molecule has 1 aliphatic rings. The van der Waals surface area contributed by atoms with Crippen LogP contribution in [0.1, 0.15) is 20.8 Å². The number of anilines is 2. The van der Waals surface area contributed by atoms with Crippen molar-refractivity contribution in [3.05, 3.63) is 41.8 Å². The molecule has 150 valence electrons. The van der Waals surface area contributed by atoms with Crippen LogP contribution in [0.15, 0.2) is 46.9 Å². The molecule has 9 heteroatoms. The van der Waals surface area contributed by atoms with Crippen molar-refractivity contribution in [3.8, 4) is 10.7 Å². The third-order valence-electron chi connectivity index (χ3n) is 4.86. The van der Waals surface area contributed by atoms with E-state index in [1.165, 1.54) is 11.8 Å². The number of carbonyl (C=O) groups is 2. The predicted octanol–water partition coefficient (Wildman–Crippen LogP) is 3.88. The zero-order valence-corrected chi connectivity index (χ0v) is 18.0. The third-order valence-corrected chi connectivity index (χ3v) is 6.67. The summed E-state index contributed by atoms with van der Waals surface area (Å²) in [4.78, 5) is 28.4. The summed E-state index contributed by atoms with van der Waals surface area (Å²) in [5.41, 5.74) is 0.373. The van der Waals surface area contributed by atoms with E-state index < -0.39 is 5.54 Å². The summed E-state index contributed by atoms with van der Waals surface area (Å²) in [6, 6.07) is 11.3. The number of nitrogens with zero attached hydrogens (tertiary/aromatic N) is 4. The molecule has 1 N–H and O–H groups in total. The Morgan fingerprint density at radius 2 is 2.00 bits per heavy atom. The second-order valence-corrected chi connectivity index (χ2v) is 8.97. The first-order chi connectivity index (χ1) is 13.9. The fourth-order valence-electron chi connectivity index (χ4n) is 3.36. The fourth-order valence-corrected chi connectivity index (χ4v) is 4.93. The monoisotopic (exact) mass is 427 g/mol. The highest BCUT2D eigenvalue weighted by atomic mass is 32.2. The second-order valence-electron chi connectivity index (χ2n) is 7.08. The van der Waals surface area contributed by atoms with E-state index in [-0.39, 0.29) is 17.6 Å². The number of hydrogen-bond acceptors (Lipinski definition) is 6. The number of carbonyl (C=O) groups excluding carboxylic acids is 2. The van der Waals surface area contributed by atoms with E-state index in [1.807, 2.05) is 47.2 Å². The summed E-state index contributed by atoms with van der Waals surface area (Å²) >= 11 is 2.95. The fraction of sp³-hybridized carbons (Fsp3) is 0.300. The van der Waals surface area contributed by atoms with Crippen molar-refractivity contribution in [2.24, 2.45) is 0 Å². The molecule has 2 amide bonds. The van der Waals surface area contributed by atoms with Gasteiger partial charge in [-0.3, -0.25) is 14.5 Å². The lowest BCUT2D eigenvalue weighted by molar-refractivity contribution is -0.125. The van der Waals surface area contributed by atoms with Crippen molar-refractivity contribution in [1.29, 1.82) is 0 Å². The van der Waals surface area contributed by atoms with Crippen LogP contribution in [0.3, 0.4) is 0 Å². The standard InChI is InChI=1S/C20H21N5O2S2/c1-4-24-17(15-10-7-11-28-15)22-23-19(24)29-12-16(26)25-14-9-6-5-8-13(14)21-18(27)20(25,2)3/h5-11H,4,12H2,1-3H3,(H,21,27). The van der Waals surface area contributed by atoms with Gasteiger partial charge >= 0.3 is 0 Å². The molecule has 0 spiro atoms. The van der Waals surface area contributed by atoms with E-state index in [9.17, 15) is 9.59 Å². The normalized spacial score (nSPS) is 15.1. The minimum Gasteiger partial charge on any atom is -0.322 e. The van der Waals surface area contributed by atoms with E-state index in [2.05, 4.69) is 15.5 Å². The molecule has 0 bridgehead atoms. The van der Waals surface area contributed by atoms with Gasteiger partial charge in [0.2, 0.25) is 11.8 Å². The molecule has 0 atom stereocenters. The van der Waals surface area contributed by atoms with Crippen LogP contribution in [0, 0.1) is 0 Å². The minimum atomic E-state index is -0.980. The molecule has 0 saturated carbocycles. The van der Waals surface area contributed by atoms with Gasteiger partial charge in [0.15, 0.2) is 11.0 Å². The highest BCUT2D eigenvalue weighted by molar-refractivity contribution is 7.99. The molecule has 29 heavy (non-hydrogen) atoms. The minimum absolute atomic E-state index is 0.148. The molecule has 4 rings (SSSR count). The molecular formula is C20H21N5O2S2. The Labute approximate surface area is 177 Å². The van der Waals surface area contributed by atoms with Crippen LogP contribution < -0.4 is 10.2 Å². The zero-order valence-electron chi connectivity index (χ0n) is 16.4. The van der Waals surface area contributed by atoms with Crippen molar-refractivity contribution in [3.63, 3.8) is 0 Å². The quantitative estimate of drug-likeness (QED) is 0.625. The van der Waals surface area contributed by atoms with Crippen LogP contribution in [-0.4, -0.2) is 37.9 Å². The van der Waals surface area contributed by atoms with Gasteiger partial charge in [-0.25, -0.2) is 0 Å². The number of rotatable bonds is 5. The van der Waals surface area contributed by atoms with Gasteiger partial charge in [0.1, 0.15) is 5.54 Å². The Balaban J connectivity index is 1.58. The van der Waals surface area contributed by atoms with Crippen molar-refractivity contribution in [2.75, 3.05) is 16.0 Å². The Kier molecular flexibility index (Phi) is 5.18. The lowest BCUT2D eigenvalue weighted by Crippen LogP contribution is -2.59. The zero-order chi connectivity index (χ0) is 20.6. The Hall–Kier alpha value is -2.65. The van der Waals surface area contributed by atoms with Crippen LogP contribution in [0.4, 0.5) is 11.4 Å². The second kappa shape index (κ2) is 7.64. The Morgan fingerprint density at radius 3 is 2.72 bits per heavy atom. The topological polar surface area (TPSA) is 80.1 Å². The van der Waals surface area contributed by atoms with Gasteiger partial charge in [0, 0.05) is 6.54 Å². The third kappa shape index (κ3) is 3.44. The van der Waals surface area contributed by atoms with Crippen LogP contribution in [-0.2, 0) is 16.1 Å². The number of hydrogen-bond donors (Lipinski definition) is 1. The van der Waals surface area contributed by atoms with Crippen LogP contribution in [0.25, 0.3) is 10.7 Å². The summed E-state index contributed by atoms with van der Waals surface area (Å²) in [6.45, 7) is 6.24. The van der Waals surface area contributed by atoms with Gasteiger partial charge in [-0.15, -0.1) is 21.5 Å². The van der Waals surface area contributed by atoms with Gasteiger partial charge in [0.05, 0.1) is 22.0 Å². The van der Waals surface area contributed by atoms with E-state index in [1.54, 1.807) is 36.2 Å². The smallest absolute Gasteiger partial charge is 0.250 e. The maximum Gasteiger partial charge on any atom is 0.250 e. The first kappa shape index (κ1) is 19.7. The number of thioether (sulfide) groups is 1. The van der Waals surface area contributed by atoms with E-state index >= 15 is 0 Å². The maximum absolute atomic E-state index is 13.2. The SMILES string of the molecule is CCn1c(SCC(=O)N2c3ccccc3NC(=O)C2(C)C)nnc1-c1cccs1. The molecule has 2 aromatic heterocycles. The average Bonchev–Trinajstić information content (AvgIpc) is 3.36. The van der Waals surface area contributed by atoms with Crippen molar-refractivity contribution < 1.29 is 9.59 Å². The molecule has 0 fully saturated rings. The lowest BCUT2D eigenvalue weighted by Gasteiger charge is -2.42. The van der Waals surface area contributed by atoms with Crippen molar-refractivity contribution in [2.45, 2.75) is 38.0 Å². The molecule has 1 aromatic carbocycles. The molecule has 1 aliphatic heterocycles. The van der Waals surface area contributed by atoms with Crippen LogP contribution in [0.5, 0.6) is 0 Å². The summed E-state index contributed by atoms with van der Waals surface area (Å²) in [5.74, 6) is 0.616. The number of amides is 2. The first-order valence-corrected chi connectivity index (χ1v) is 11.1. The molecule has 7 nitrogen and oxygen atoms in total. The van der Waals surface area contributed by atoms with E-state index in [0.29, 0.717) is 23.1 Å². The largest absolute Gasteiger partial charge is 0.322 e. The summed E-state index contributed by atoms with van der Waals surface area (Å²) in [5, 5.41) is 14.2. The Bertz CT molecular complexity index is 1060. The first-order valence-electron chi connectivity index (χ1n) is 9.27. The van der Waals surface area contributed by atoms with Crippen LogP contribution in [0.2, 0.25) is 0 Å². The highest BCUT2D eigenvalue weighted by Gasteiger charge is 2.43. The number of nitrogens with one attached hydrogen (secondary N) is 1. The summed E-state index contributed by atoms with van der Waals surface area (Å²) < 4.78 is 2.01. The molecule has 0 saturated heterocycles. The molecule has 0 radical (unpaired) electrons. The van der Waals surface area contributed by atoms with Gasteiger partial charge in [-0.1, -0.05) is 30.0 Å². The average molecular weight is 428 g/mol. The number of fused-ring (bicyclic) bond motifs is 1. The highest BCUT2D eigenvalue weighted by Crippen LogP contribution is 2.37. The van der Waals surface area contributed by atoms with Crippen molar-refractivity contribution >= 4 is 46.3 Å². The van der Waals surface area contributed by atoms with Crippen molar-refractivity contribution in [1.82, 2.24) is 14.8 Å². The Morgan fingerprint density at radius 1 is 1.21 bits per heavy atom. The number of aromatic nitrogens is 3. The van der Waals surface area contributed by atoms with Gasteiger partial charge < -0.3 is 9.88 Å². The molecular weight excluding hydrogens is 406 g/mol. The van der Waals surface area contributed by atoms with Gasteiger partial charge in [-0.2, -0.15) is 0 Å². The number of benzene rings is 1. The number of para-hydroxylation sites is 2. The van der Waals surface area contributed by atoms with Crippen LogP contribution >= 0.6 is 23.1 Å². The predicted molar refractivity (Wildman–Crippen MR) is 116 cm³/mol. The molecule has 3 aromatic rings. The molecule has 0 aliphatic carbocycles.